The summed E-state index contributed by atoms with van der Waals surface area (Å²) in [6, 6.07) is 6.62. The molecule has 3 N–H and O–H groups in total. The van der Waals surface area contributed by atoms with Crippen LogP contribution in [0.1, 0.15) is 35.2 Å². The minimum atomic E-state index is -0.947. The van der Waals surface area contributed by atoms with Crippen molar-refractivity contribution in [2.24, 2.45) is 0 Å². The van der Waals surface area contributed by atoms with E-state index in [4.69, 9.17) is 5.11 Å². The number of carboxylic acid groups (broad SMARTS) is 1. The largest absolute Gasteiger partial charge is 0.478 e. The molecule has 5 heteroatoms. The Morgan fingerprint density at radius 1 is 1.22 bits per heavy atom. The van der Waals surface area contributed by atoms with Crippen LogP contribution in [0.25, 0.3) is 0 Å². The molecular weight excluding hydrogens is 232 g/mol. The molecule has 0 unspecified atom stereocenters. The maximum Gasteiger partial charge on any atom is 0.335 e. The summed E-state index contributed by atoms with van der Waals surface area (Å²) in [4.78, 5) is 22.1. The summed E-state index contributed by atoms with van der Waals surface area (Å²) in [5, 5.41) is 14.4. The summed E-state index contributed by atoms with van der Waals surface area (Å²) in [5.41, 5.74) is 1.13. The van der Waals surface area contributed by atoms with E-state index in [9.17, 15) is 9.59 Å². The molecule has 18 heavy (non-hydrogen) atoms. The highest BCUT2D eigenvalue weighted by atomic mass is 16.4. The highest BCUT2D eigenvalue weighted by Gasteiger charge is 2.18. The molecule has 0 atom stereocenters. The molecule has 0 saturated heterocycles. The van der Waals surface area contributed by atoms with Gasteiger partial charge in [0.1, 0.15) is 0 Å². The van der Waals surface area contributed by atoms with Crippen LogP contribution in [0.15, 0.2) is 24.3 Å². The van der Waals surface area contributed by atoms with E-state index < -0.39 is 5.97 Å². The van der Waals surface area contributed by atoms with Crippen LogP contribution in [0.3, 0.4) is 0 Å². The van der Waals surface area contributed by atoms with Crippen molar-refractivity contribution in [3.05, 3.63) is 35.4 Å². The van der Waals surface area contributed by atoms with Crippen molar-refractivity contribution in [1.29, 1.82) is 0 Å². The Bertz CT molecular complexity index is 438. The topological polar surface area (TPSA) is 78.4 Å². The Labute approximate surface area is 105 Å². The van der Waals surface area contributed by atoms with Gasteiger partial charge in [-0.2, -0.15) is 0 Å². The van der Waals surface area contributed by atoms with Crippen LogP contribution >= 0.6 is 0 Å². The second-order valence-electron chi connectivity index (χ2n) is 4.46. The van der Waals surface area contributed by atoms with Gasteiger partial charge in [0.15, 0.2) is 0 Å². The lowest BCUT2D eigenvalue weighted by Gasteiger charge is -2.26. The van der Waals surface area contributed by atoms with E-state index >= 15 is 0 Å². The molecular formula is C13H16N2O3. The molecule has 0 heterocycles. The lowest BCUT2D eigenvalue weighted by atomic mass is 9.93. The number of rotatable bonds is 4. The number of benzene rings is 1. The molecule has 1 aromatic rings. The fourth-order valence-corrected chi connectivity index (χ4v) is 1.74. The molecule has 1 fully saturated rings. The van der Waals surface area contributed by atoms with Crippen molar-refractivity contribution < 1.29 is 14.7 Å². The number of hydrogen-bond acceptors (Lipinski definition) is 2. The summed E-state index contributed by atoms with van der Waals surface area (Å²) in [6.45, 7) is 0.401. The van der Waals surface area contributed by atoms with E-state index in [1.54, 1.807) is 12.1 Å². The number of hydrogen-bond donors (Lipinski definition) is 3. The first kappa shape index (κ1) is 12.4. The van der Waals surface area contributed by atoms with E-state index in [0.717, 1.165) is 18.4 Å². The fourth-order valence-electron chi connectivity index (χ4n) is 1.74. The molecule has 96 valence electrons. The summed E-state index contributed by atoms with van der Waals surface area (Å²) in [7, 11) is 0. The van der Waals surface area contributed by atoms with Crippen LogP contribution in [0.4, 0.5) is 4.79 Å². The molecule has 0 bridgehead atoms. The van der Waals surface area contributed by atoms with Gasteiger partial charge in [-0.05, 0) is 37.0 Å². The van der Waals surface area contributed by atoms with Crippen LogP contribution in [0.2, 0.25) is 0 Å². The van der Waals surface area contributed by atoms with E-state index in [2.05, 4.69) is 10.6 Å². The zero-order valence-corrected chi connectivity index (χ0v) is 9.98. The normalized spacial score (nSPS) is 14.7. The Hall–Kier alpha value is -2.04. The SMILES string of the molecule is O=C(NCc1ccc(C(=O)O)cc1)NC1CCC1. The predicted octanol–water partition coefficient (Wildman–Crippen LogP) is 1.74. The minimum absolute atomic E-state index is 0.165. The van der Waals surface area contributed by atoms with Crippen molar-refractivity contribution in [1.82, 2.24) is 10.6 Å². The summed E-state index contributed by atoms with van der Waals surface area (Å²) < 4.78 is 0. The van der Waals surface area contributed by atoms with Gasteiger partial charge in [-0.3, -0.25) is 0 Å². The maximum absolute atomic E-state index is 11.5. The van der Waals surface area contributed by atoms with Crippen LogP contribution in [-0.2, 0) is 6.54 Å². The quantitative estimate of drug-likeness (QED) is 0.759. The summed E-state index contributed by atoms with van der Waals surface area (Å²) in [5.74, 6) is -0.947. The van der Waals surface area contributed by atoms with Gasteiger partial charge in [0.25, 0.3) is 0 Å². The van der Waals surface area contributed by atoms with Gasteiger partial charge >= 0.3 is 12.0 Å². The maximum atomic E-state index is 11.5. The summed E-state index contributed by atoms with van der Waals surface area (Å²) >= 11 is 0. The van der Waals surface area contributed by atoms with Gasteiger partial charge in [0.05, 0.1) is 5.56 Å². The number of aromatic carboxylic acids is 1. The molecule has 0 spiro atoms. The molecule has 1 aliphatic rings. The van der Waals surface area contributed by atoms with Crippen molar-refractivity contribution in [3.63, 3.8) is 0 Å². The number of urea groups is 1. The van der Waals surface area contributed by atoms with Crippen molar-refractivity contribution in [3.8, 4) is 0 Å². The average molecular weight is 248 g/mol. The Kier molecular flexibility index (Phi) is 3.82. The van der Waals surface area contributed by atoms with Gasteiger partial charge < -0.3 is 15.7 Å². The van der Waals surface area contributed by atoms with Crippen LogP contribution in [0.5, 0.6) is 0 Å². The number of carboxylic acids is 1. The van der Waals surface area contributed by atoms with Crippen molar-refractivity contribution in [2.75, 3.05) is 0 Å². The molecule has 2 rings (SSSR count). The van der Waals surface area contributed by atoms with Gasteiger partial charge in [-0.1, -0.05) is 12.1 Å². The van der Waals surface area contributed by atoms with Crippen LogP contribution < -0.4 is 10.6 Å². The molecule has 0 aliphatic heterocycles. The van der Waals surface area contributed by atoms with Gasteiger partial charge in [-0.15, -0.1) is 0 Å². The average Bonchev–Trinajstić information content (AvgIpc) is 2.32. The lowest BCUT2D eigenvalue weighted by molar-refractivity contribution is 0.0697. The van der Waals surface area contributed by atoms with Crippen molar-refractivity contribution >= 4 is 12.0 Å². The van der Waals surface area contributed by atoms with Crippen LogP contribution in [0, 0.1) is 0 Å². The third-order valence-corrected chi connectivity index (χ3v) is 3.09. The number of amides is 2. The molecule has 1 aromatic carbocycles. The predicted molar refractivity (Wildman–Crippen MR) is 66.4 cm³/mol. The minimum Gasteiger partial charge on any atom is -0.478 e. The zero-order chi connectivity index (χ0) is 13.0. The Morgan fingerprint density at radius 3 is 2.39 bits per heavy atom. The number of nitrogens with one attached hydrogen (secondary N) is 2. The molecule has 2 amide bonds. The van der Waals surface area contributed by atoms with E-state index in [1.807, 2.05) is 0 Å². The molecule has 0 aromatic heterocycles. The molecule has 0 radical (unpaired) electrons. The highest BCUT2D eigenvalue weighted by molar-refractivity contribution is 5.87. The monoisotopic (exact) mass is 248 g/mol. The van der Waals surface area contributed by atoms with Gasteiger partial charge in [0.2, 0.25) is 0 Å². The molecule has 1 saturated carbocycles. The molecule has 5 nitrogen and oxygen atoms in total. The smallest absolute Gasteiger partial charge is 0.335 e. The lowest BCUT2D eigenvalue weighted by Crippen LogP contribution is -2.44. The third kappa shape index (κ3) is 3.23. The van der Waals surface area contributed by atoms with E-state index in [-0.39, 0.29) is 11.6 Å². The standard InChI is InChI=1S/C13H16N2O3/c16-12(17)10-6-4-9(5-7-10)8-14-13(18)15-11-2-1-3-11/h4-7,11H,1-3,8H2,(H,16,17)(H2,14,15,18). The first-order chi connectivity index (χ1) is 8.65. The van der Waals surface area contributed by atoms with Crippen molar-refractivity contribution in [2.45, 2.75) is 31.8 Å². The fraction of sp³-hybridized carbons (Fsp3) is 0.385. The highest BCUT2D eigenvalue weighted by Crippen LogP contribution is 2.17. The van der Waals surface area contributed by atoms with Crippen LogP contribution in [-0.4, -0.2) is 23.1 Å². The van der Waals surface area contributed by atoms with E-state index in [1.165, 1.54) is 18.6 Å². The van der Waals surface area contributed by atoms with Gasteiger partial charge in [0, 0.05) is 12.6 Å². The molecule has 1 aliphatic carbocycles. The Balaban J connectivity index is 1.78. The van der Waals surface area contributed by atoms with E-state index in [0.29, 0.717) is 12.6 Å². The number of carbonyl (C=O) groups excluding carboxylic acids is 1. The first-order valence-electron chi connectivity index (χ1n) is 6.02. The Morgan fingerprint density at radius 2 is 1.89 bits per heavy atom. The third-order valence-electron chi connectivity index (χ3n) is 3.09. The second-order valence-corrected chi connectivity index (χ2v) is 4.46. The second kappa shape index (κ2) is 5.53. The first-order valence-corrected chi connectivity index (χ1v) is 6.02. The zero-order valence-electron chi connectivity index (χ0n) is 9.98. The summed E-state index contributed by atoms with van der Waals surface area (Å²) in [6.07, 6.45) is 3.29. The van der Waals surface area contributed by atoms with Gasteiger partial charge in [-0.25, -0.2) is 9.59 Å². The number of carbonyl (C=O) groups is 2.